The largest absolute Gasteiger partial charge is 0.497 e. The third-order valence-electron chi connectivity index (χ3n) is 11.5. The van der Waals surface area contributed by atoms with Crippen LogP contribution in [-0.2, 0) is 29.5 Å². The second-order valence-corrected chi connectivity index (χ2v) is 15.5. The van der Waals surface area contributed by atoms with Crippen molar-refractivity contribution in [3.63, 3.8) is 0 Å². The number of halogens is 1. The number of fused-ring (bicyclic) bond motifs is 1. The van der Waals surface area contributed by atoms with Crippen molar-refractivity contribution in [1.29, 1.82) is 0 Å². The number of amides is 1. The highest BCUT2D eigenvalue weighted by Crippen LogP contribution is 2.43. The fourth-order valence-electron chi connectivity index (χ4n) is 8.33. The summed E-state index contributed by atoms with van der Waals surface area (Å²) < 4.78 is 17.6. The van der Waals surface area contributed by atoms with Gasteiger partial charge in [-0.2, -0.15) is 4.98 Å². The lowest BCUT2D eigenvalue weighted by molar-refractivity contribution is -0.0376. The molecule has 290 valence electrons. The number of carbonyl (C=O) groups excluding carboxylic acids is 1. The van der Waals surface area contributed by atoms with Crippen molar-refractivity contribution in [3.8, 4) is 22.8 Å². The van der Waals surface area contributed by atoms with E-state index in [1.807, 2.05) is 66.7 Å². The van der Waals surface area contributed by atoms with Gasteiger partial charge in [-0.25, -0.2) is 15.0 Å². The predicted molar refractivity (Wildman–Crippen MR) is 220 cm³/mol. The molecule has 3 aliphatic rings. The molecule has 0 radical (unpaired) electrons. The van der Waals surface area contributed by atoms with Crippen molar-refractivity contribution in [2.75, 3.05) is 77.4 Å². The first kappa shape index (κ1) is 37.8. The van der Waals surface area contributed by atoms with E-state index >= 15 is 4.79 Å². The minimum absolute atomic E-state index is 0.0623. The van der Waals surface area contributed by atoms with Gasteiger partial charge in [-0.1, -0.05) is 46.3 Å². The van der Waals surface area contributed by atoms with Gasteiger partial charge >= 0.3 is 0 Å². The van der Waals surface area contributed by atoms with Crippen LogP contribution in [0.5, 0.6) is 11.5 Å². The second-order valence-electron chi connectivity index (χ2n) is 14.6. The summed E-state index contributed by atoms with van der Waals surface area (Å²) in [4.78, 5) is 42.3. The van der Waals surface area contributed by atoms with Crippen molar-refractivity contribution < 1.29 is 19.0 Å². The van der Waals surface area contributed by atoms with Crippen LogP contribution in [0.1, 0.15) is 38.4 Å². The number of nitrogens with one attached hydrogen (secondary N) is 1. The molecule has 0 spiro atoms. The molecule has 0 bridgehead atoms. The first-order valence-electron chi connectivity index (χ1n) is 19.1. The van der Waals surface area contributed by atoms with Crippen LogP contribution in [0, 0.1) is 6.92 Å². The van der Waals surface area contributed by atoms with Gasteiger partial charge in [-0.05, 0) is 79.9 Å². The fourth-order valence-corrected chi connectivity index (χ4v) is 8.70. The first-order chi connectivity index (χ1) is 27.3. The number of morpholine rings is 1. The lowest BCUT2D eigenvalue weighted by atomic mass is 9.75. The number of nitrogens with zero attached hydrogens (tertiary/aromatic N) is 7. The standard InChI is InChI=1S/C43H47BrN8O4/c1-28-34(6-5-7-36(28)44)40(53)52-19-18-50(2)37(24-29-8-12-32(54-3)13-9-29)43(52,25-30-10-14-33(55-4)15-11-30)41-46-26-31(27-47-41)38-35-16-17-45-39(35)49-42(48-38)51-20-22-56-23-21-51/h5-15,26-27,37H,16-25H2,1-4H3,(H,45,48,49). The molecular formula is C43H47BrN8O4. The van der Waals surface area contributed by atoms with E-state index in [0.717, 1.165) is 81.4 Å². The van der Waals surface area contributed by atoms with Gasteiger partial charge in [0.15, 0.2) is 5.82 Å². The third kappa shape index (κ3) is 7.19. The number of hydrogen-bond donors (Lipinski definition) is 1. The van der Waals surface area contributed by atoms with Crippen LogP contribution in [0.3, 0.4) is 0 Å². The van der Waals surface area contributed by atoms with Crippen LogP contribution in [0.15, 0.2) is 83.6 Å². The molecule has 2 unspecified atom stereocenters. The van der Waals surface area contributed by atoms with Crippen LogP contribution >= 0.6 is 15.9 Å². The number of anilines is 2. The maximum Gasteiger partial charge on any atom is 0.255 e. The molecule has 2 saturated heterocycles. The lowest BCUT2D eigenvalue weighted by Gasteiger charge is -2.55. The topological polar surface area (TPSA) is 118 Å². The number of hydrogen-bond acceptors (Lipinski definition) is 11. The van der Waals surface area contributed by atoms with Crippen LogP contribution < -0.4 is 19.7 Å². The van der Waals surface area contributed by atoms with E-state index < -0.39 is 5.54 Å². The smallest absolute Gasteiger partial charge is 0.255 e. The molecule has 0 aliphatic carbocycles. The third-order valence-corrected chi connectivity index (χ3v) is 12.3. The van der Waals surface area contributed by atoms with E-state index in [-0.39, 0.29) is 11.9 Å². The van der Waals surface area contributed by atoms with E-state index in [1.165, 1.54) is 0 Å². The maximum atomic E-state index is 15.2. The molecule has 13 heteroatoms. The zero-order valence-corrected chi connectivity index (χ0v) is 33.9. The number of benzene rings is 3. The van der Waals surface area contributed by atoms with Gasteiger partial charge in [-0.3, -0.25) is 9.69 Å². The van der Waals surface area contributed by atoms with E-state index in [2.05, 4.69) is 62.4 Å². The summed E-state index contributed by atoms with van der Waals surface area (Å²) in [5.74, 6) is 3.59. The highest BCUT2D eigenvalue weighted by Gasteiger charge is 2.54. The van der Waals surface area contributed by atoms with Gasteiger partial charge in [0.25, 0.3) is 5.91 Å². The molecule has 0 saturated carbocycles. The van der Waals surface area contributed by atoms with Crippen LogP contribution in [0.2, 0.25) is 0 Å². The van der Waals surface area contributed by atoms with Gasteiger partial charge < -0.3 is 29.3 Å². The maximum absolute atomic E-state index is 15.2. The first-order valence-corrected chi connectivity index (χ1v) is 19.9. The van der Waals surface area contributed by atoms with Crippen LogP contribution in [0.4, 0.5) is 11.8 Å². The molecule has 1 N–H and O–H groups in total. The van der Waals surface area contributed by atoms with Crippen molar-refractivity contribution >= 4 is 33.6 Å². The Kier molecular flexibility index (Phi) is 10.9. The van der Waals surface area contributed by atoms with Crippen molar-refractivity contribution in [2.45, 2.75) is 37.8 Å². The van der Waals surface area contributed by atoms with E-state index in [4.69, 9.17) is 34.1 Å². The average Bonchev–Trinajstić information content (AvgIpc) is 3.73. The summed E-state index contributed by atoms with van der Waals surface area (Å²) in [6.45, 7) is 6.66. The summed E-state index contributed by atoms with van der Waals surface area (Å²) in [6.07, 6.45) is 5.67. The Morgan fingerprint density at radius 2 is 1.59 bits per heavy atom. The van der Waals surface area contributed by atoms with Crippen molar-refractivity contribution in [3.05, 3.63) is 117 Å². The van der Waals surface area contributed by atoms with Crippen molar-refractivity contribution in [1.82, 2.24) is 29.7 Å². The Bertz CT molecular complexity index is 2180. The molecule has 3 aromatic carbocycles. The lowest BCUT2D eigenvalue weighted by Crippen LogP contribution is -2.68. The molecule has 56 heavy (non-hydrogen) atoms. The summed E-state index contributed by atoms with van der Waals surface area (Å²) >= 11 is 3.69. The average molecular weight is 820 g/mol. The molecule has 8 rings (SSSR count). The molecule has 1 amide bonds. The summed E-state index contributed by atoms with van der Waals surface area (Å²) in [5, 5.41) is 3.46. The van der Waals surface area contributed by atoms with Gasteiger partial charge in [0.2, 0.25) is 5.95 Å². The quantitative estimate of drug-likeness (QED) is 0.180. The normalized spacial score (nSPS) is 19.7. The zero-order valence-electron chi connectivity index (χ0n) is 32.3. The molecule has 3 aliphatic heterocycles. The summed E-state index contributed by atoms with van der Waals surface area (Å²) in [7, 11) is 5.48. The number of aromatic nitrogens is 4. The SMILES string of the molecule is COc1ccc(CC2N(C)CCN(C(=O)c3cccc(Br)c3C)C2(Cc2ccc(OC)cc2)c2ncc(-c3nc(N4CCOCC4)nc4c3CCN4)cn2)cc1. The van der Waals surface area contributed by atoms with Crippen LogP contribution in [0.25, 0.3) is 11.3 Å². The number of methoxy groups -OCH3 is 2. The molecule has 2 atom stereocenters. The Morgan fingerprint density at radius 1 is 0.911 bits per heavy atom. The van der Waals surface area contributed by atoms with Gasteiger partial charge in [0, 0.05) is 78.7 Å². The predicted octanol–water partition coefficient (Wildman–Crippen LogP) is 5.96. The van der Waals surface area contributed by atoms with Crippen LogP contribution in [-0.4, -0.2) is 109 Å². The highest BCUT2D eigenvalue weighted by molar-refractivity contribution is 9.10. The Morgan fingerprint density at radius 3 is 2.27 bits per heavy atom. The minimum Gasteiger partial charge on any atom is -0.497 e. The van der Waals surface area contributed by atoms with Crippen molar-refractivity contribution in [2.24, 2.45) is 0 Å². The molecule has 2 fully saturated rings. The number of rotatable bonds is 10. The Hall–Kier alpha value is -5.11. The second kappa shape index (κ2) is 16.2. The fraction of sp³-hybridized carbons (Fsp3) is 0.372. The Labute approximate surface area is 336 Å². The minimum atomic E-state index is -1.000. The number of ether oxygens (including phenoxy) is 3. The zero-order chi connectivity index (χ0) is 38.8. The molecule has 2 aromatic heterocycles. The molecule has 5 aromatic rings. The number of carbonyl (C=O) groups is 1. The summed E-state index contributed by atoms with van der Waals surface area (Å²) in [6, 6.07) is 21.9. The van der Waals surface area contributed by atoms with Gasteiger partial charge in [-0.15, -0.1) is 0 Å². The van der Waals surface area contributed by atoms with Gasteiger partial charge in [0.05, 0.1) is 33.1 Å². The summed E-state index contributed by atoms with van der Waals surface area (Å²) in [5.41, 5.74) is 5.37. The highest BCUT2D eigenvalue weighted by atomic mass is 79.9. The molecule has 12 nitrogen and oxygen atoms in total. The molecular weight excluding hydrogens is 772 g/mol. The number of likely N-dealkylation sites (N-methyl/N-ethyl adjacent to an activating group) is 1. The van der Waals surface area contributed by atoms with E-state index in [0.29, 0.717) is 56.5 Å². The van der Waals surface area contributed by atoms with E-state index in [9.17, 15) is 0 Å². The van der Waals surface area contributed by atoms with Gasteiger partial charge in [0.1, 0.15) is 22.9 Å². The number of piperazine rings is 1. The Balaban J connectivity index is 1.30. The molecule has 5 heterocycles. The monoisotopic (exact) mass is 818 g/mol. The van der Waals surface area contributed by atoms with E-state index in [1.54, 1.807) is 14.2 Å².